The molecule has 74 heavy (non-hydrogen) atoms. The van der Waals surface area contributed by atoms with E-state index in [9.17, 15) is 0 Å². The van der Waals surface area contributed by atoms with Crippen molar-refractivity contribution >= 4 is 43.1 Å². The first-order chi connectivity index (χ1) is 36.3. The van der Waals surface area contributed by atoms with Crippen LogP contribution in [-0.4, -0.2) is 0 Å². The molecule has 0 saturated heterocycles. The summed E-state index contributed by atoms with van der Waals surface area (Å²) in [6, 6.07) is 93.4. The predicted molar refractivity (Wildman–Crippen MR) is 312 cm³/mol. The fourth-order valence-electron chi connectivity index (χ4n) is 13.9. The summed E-state index contributed by atoms with van der Waals surface area (Å²) in [6.07, 6.45) is 0. The highest BCUT2D eigenvalue weighted by Crippen LogP contribution is 2.59. The second kappa shape index (κ2) is 15.8. The molecule has 0 heteroatoms. The van der Waals surface area contributed by atoms with Crippen LogP contribution in [0.25, 0.3) is 87.6 Å². The zero-order chi connectivity index (χ0) is 49.5. The van der Waals surface area contributed by atoms with Crippen LogP contribution < -0.4 is 0 Å². The summed E-state index contributed by atoms with van der Waals surface area (Å²) in [4.78, 5) is 0. The van der Waals surface area contributed by atoms with Gasteiger partial charge in [-0.25, -0.2) is 0 Å². The van der Waals surface area contributed by atoms with E-state index in [1.165, 1.54) is 154 Å². The van der Waals surface area contributed by atoms with Crippen molar-refractivity contribution in [3.8, 4) is 44.5 Å². The van der Waals surface area contributed by atoms with Gasteiger partial charge in [0, 0.05) is 0 Å². The lowest BCUT2D eigenvalue weighted by molar-refractivity contribution is 0.768. The summed E-state index contributed by atoms with van der Waals surface area (Å²) in [5.41, 5.74) is 24.7. The minimum atomic E-state index is -0.508. The Labute approximate surface area is 433 Å². The molecule has 0 N–H and O–H groups in total. The monoisotopic (exact) mass is 940 g/mol. The van der Waals surface area contributed by atoms with Gasteiger partial charge in [-0.1, -0.05) is 253 Å². The molecule has 0 atom stereocenters. The Bertz CT molecular complexity index is 4320. The molecule has 348 valence electrons. The fourth-order valence-corrected chi connectivity index (χ4v) is 13.9. The molecule has 13 aromatic carbocycles. The highest BCUT2D eigenvalue weighted by Gasteiger charge is 2.48. The molecular formula is C74H52. The van der Waals surface area contributed by atoms with Crippen molar-refractivity contribution < 1.29 is 0 Å². The molecule has 0 bridgehead atoms. The summed E-state index contributed by atoms with van der Waals surface area (Å²) in [5, 5.41) is 10.3. The number of hydrogen-bond acceptors (Lipinski definition) is 0. The van der Waals surface area contributed by atoms with Crippen LogP contribution in [0.3, 0.4) is 0 Å². The molecule has 2 aliphatic rings. The third-order valence-corrected chi connectivity index (χ3v) is 17.3. The van der Waals surface area contributed by atoms with Crippen molar-refractivity contribution in [1.82, 2.24) is 0 Å². The zero-order valence-electron chi connectivity index (χ0n) is 42.1. The van der Waals surface area contributed by atoms with Crippen LogP contribution in [0.4, 0.5) is 0 Å². The second-order valence-corrected chi connectivity index (χ2v) is 21.4. The summed E-state index contributed by atoms with van der Waals surface area (Å²) >= 11 is 0. The van der Waals surface area contributed by atoms with E-state index in [2.05, 4.69) is 270 Å². The largest absolute Gasteiger partial charge is 0.0713 e. The normalized spacial score (nSPS) is 13.9. The van der Waals surface area contributed by atoms with Crippen LogP contribution >= 0.6 is 0 Å². The van der Waals surface area contributed by atoms with E-state index < -0.39 is 10.8 Å². The van der Waals surface area contributed by atoms with Crippen molar-refractivity contribution in [3.05, 3.63) is 309 Å². The molecule has 0 nitrogen and oxygen atoms in total. The second-order valence-electron chi connectivity index (χ2n) is 21.4. The van der Waals surface area contributed by atoms with Crippen molar-refractivity contribution in [1.29, 1.82) is 0 Å². The smallest absolute Gasteiger partial charge is 0.0619 e. The summed E-state index contributed by atoms with van der Waals surface area (Å²) in [7, 11) is 0. The quantitative estimate of drug-likeness (QED) is 0.115. The topological polar surface area (TPSA) is 0 Å². The number of hydrogen-bond donors (Lipinski definition) is 0. The first kappa shape index (κ1) is 42.8. The highest BCUT2D eigenvalue weighted by molar-refractivity contribution is 6.34. The van der Waals surface area contributed by atoms with Crippen LogP contribution in [0, 0.1) is 27.7 Å². The van der Waals surface area contributed by atoms with Crippen LogP contribution in [0.5, 0.6) is 0 Å². The van der Waals surface area contributed by atoms with E-state index in [-0.39, 0.29) is 0 Å². The maximum absolute atomic E-state index is 2.55. The van der Waals surface area contributed by atoms with Crippen molar-refractivity contribution in [3.63, 3.8) is 0 Å². The Kier molecular flexibility index (Phi) is 9.16. The first-order valence-corrected chi connectivity index (χ1v) is 26.2. The molecular weight excluding hydrogens is 889 g/mol. The summed E-state index contributed by atoms with van der Waals surface area (Å²) in [5.74, 6) is 0. The number of fused-ring (bicyclic) bond motifs is 8. The molecule has 0 radical (unpaired) electrons. The Morgan fingerprint density at radius 3 is 1.16 bits per heavy atom. The molecule has 13 aromatic rings. The maximum Gasteiger partial charge on any atom is 0.0713 e. The van der Waals surface area contributed by atoms with E-state index in [1.807, 2.05) is 0 Å². The predicted octanol–water partition coefficient (Wildman–Crippen LogP) is 19.0. The van der Waals surface area contributed by atoms with E-state index in [0.29, 0.717) is 0 Å². The van der Waals surface area contributed by atoms with Crippen molar-refractivity contribution in [2.75, 3.05) is 0 Å². The van der Waals surface area contributed by atoms with Gasteiger partial charge in [-0.3, -0.25) is 0 Å². The molecule has 0 unspecified atom stereocenters. The Morgan fingerprint density at radius 1 is 0.243 bits per heavy atom. The Morgan fingerprint density at radius 2 is 0.635 bits per heavy atom. The molecule has 2 aliphatic carbocycles. The van der Waals surface area contributed by atoms with Gasteiger partial charge in [-0.2, -0.15) is 0 Å². The van der Waals surface area contributed by atoms with Crippen LogP contribution in [0.1, 0.15) is 66.8 Å². The van der Waals surface area contributed by atoms with Crippen LogP contribution in [-0.2, 0) is 10.8 Å². The number of benzene rings is 13. The molecule has 0 fully saturated rings. The summed E-state index contributed by atoms with van der Waals surface area (Å²) < 4.78 is 0. The minimum absolute atomic E-state index is 0.491. The number of aryl methyl sites for hydroxylation is 4. The molecule has 15 rings (SSSR count). The van der Waals surface area contributed by atoms with Gasteiger partial charge in [0.2, 0.25) is 0 Å². The van der Waals surface area contributed by atoms with Crippen molar-refractivity contribution in [2.24, 2.45) is 0 Å². The average Bonchev–Trinajstić information content (AvgIpc) is 4.02. The van der Waals surface area contributed by atoms with Gasteiger partial charge in [-0.15, -0.1) is 0 Å². The SMILES string of the molecule is Cc1ccc(C2(c3ccc(C)cc3)c3ccccc3-c3ccc(-c4ccc5ccc6c(-c7ccc8c(c7)C(c7ccc(C)cc7)(c7ccc(C)cc7)c7ccccc7-8)c7ccccc7c7ccc4c5c67)cc32)cc1. The number of rotatable bonds is 6. The van der Waals surface area contributed by atoms with E-state index >= 15 is 0 Å². The molecule has 0 spiro atoms. The first-order valence-electron chi connectivity index (χ1n) is 26.2. The van der Waals surface area contributed by atoms with Gasteiger partial charge < -0.3 is 0 Å². The van der Waals surface area contributed by atoms with Gasteiger partial charge in [0.05, 0.1) is 10.8 Å². The van der Waals surface area contributed by atoms with Gasteiger partial charge >= 0.3 is 0 Å². The lowest BCUT2D eigenvalue weighted by Gasteiger charge is -2.34. The van der Waals surface area contributed by atoms with E-state index in [1.54, 1.807) is 0 Å². The fraction of sp³-hybridized carbons (Fsp3) is 0.0811. The Hall–Kier alpha value is -8.84. The molecule has 0 aromatic heterocycles. The van der Waals surface area contributed by atoms with Crippen molar-refractivity contribution in [2.45, 2.75) is 38.5 Å². The van der Waals surface area contributed by atoms with Gasteiger partial charge in [-0.05, 0) is 172 Å². The minimum Gasteiger partial charge on any atom is -0.0619 e. The zero-order valence-corrected chi connectivity index (χ0v) is 42.1. The maximum atomic E-state index is 2.55. The molecule has 0 aliphatic heterocycles. The molecule has 0 saturated carbocycles. The van der Waals surface area contributed by atoms with Crippen LogP contribution in [0.2, 0.25) is 0 Å². The van der Waals surface area contributed by atoms with E-state index in [0.717, 1.165) is 0 Å². The van der Waals surface area contributed by atoms with Gasteiger partial charge in [0.25, 0.3) is 0 Å². The van der Waals surface area contributed by atoms with E-state index in [4.69, 9.17) is 0 Å². The molecule has 0 amide bonds. The standard InChI is InChI=1S/C74H52/c1-45-17-29-52(30-18-45)73(53-31-19-46(2)20-32-53)66-15-9-7-12-58(66)60-38-27-50(43-68(60)73)56-37-25-49-26-40-65-70(62-14-6-5-11-57(62)64-42-41-63(56)71(49)72(64)65)51-28-39-61-59-13-8-10-16-67(59)74(69(61)44-51,54-33-21-47(3)22-34-54)55-35-23-48(4)24-36-55/h5-44H,1-4H3. The van der Waals surface area contributed by atoms with Gasteiger partial charge in [0.1, 0.15) is 0 Å². The lowest BCUT2D eigenvalue weighted by Crippen LogP contribution is -2.28. The lowest BCUT2D eigenvalue weighted by atomic mass is 9.67. The highest BCUT2D eigenvalue weighted by atomic mass is 14.5. The third kappa shape index (κ3) is 5.80. The van der Waals surface area contributed by atoms with Gasteiger partial charge in [0.15, 0.2) is 0 Å². The average molecular weight is 941 g/mol. The molecule has 0 heterocycles. The third-order valence-electron chi connectivity index (χ3n) is 17.3. The Balaban J connectivity index is 0.981. The summed E-state index contributed by atoms with van der Waals surface area (Å²) in [6.45, 7) is 8.75. The van der Waals surface area contributed by atoms with Crippen LogP contribution in [0.15, 0.2) is 243 Å².